The molecule has 0 spiro atoms. The molecule has 0 unspecified atom stereocenters. The average Bonchev–Trinajstić information content (AvgIpc) is 2.60. The van der Waals surface area contributed by atoms with E-state index in [0.29, 0.717) is 28.5 Å². The van der Waals surface area contributed by atoms with Crippen LogP contribution in [0.2, 0.25) is 5.02 Å². The van der Waals surface area contributed by atoms with Crippen LogP contribution >= 0.6 is 11.6 Å². The second kappa shape index (κ2) is 7.38. The number of nitrogens with zero attached hydrogens (tertiary/aromatic N) is 2. The third-order valence-corrected chi connectivity index (χ3v) is 3.96. The molecule has 0 saturated carbocycles. The Hall–Kier alpha value is -3.17. The molecule has 0 aliphatic carbocycles. The lowest BCUT2D eigenvalue weighted by Crippen LogP contribution is -2.12. The van der Waals surface area contributed by atoms with Gasteiger partial charge in [0.1, 0.15) is 17.3 Å². The number of aromatic nitrogens is 2. The van der Waals surface area contributed by atoms with Gasteiger partial charge in [-0.15, -0.1) is 0 Å². The van der Waals surface area contributed by atoms with Crippen molar-refractivity contribution in [1.82, 2.24) is 10.2 Å². The number of hydrogen-bond acceptors (Lipinski definition) is 4. The fraction of sp³-hybridized carbons (Fsp3) is 0.105. The summed E-state index contributed by atoms with van der Waals surface area (Å²) in [7, 11) is 0. The lowest BCUT2D eigenvalue weighted by Gasteiger charge is -2.10. The molecule has 0 bridgehead atoms. The van der Waals surface area contributed by atoms with E-state index in [1.807, 2.05) is 12.1 Å². The highest BCUT2D eigenvalue weighted by Crippen LogP contribution is 2.31. The van der Waals surface area contributed by atoms with Gasteiger partial charge in [0.15, 0.2) is 0 Å². The summed E-state index contributed by atoms with van der Waals surface area (Å²) in [5, 5.41) is 15.7. The Kier molecular flexibility index (Phi) is 5.01. The van der Waals surface area contributed by atoms with E-state index < -0.39 is 5.82 Å². The van der Waals surface area contributed by atoms with Gasteiger partial charge < -0.3 is 4.74 Å². The molecule has 0 aliphatic rings. The average molecular weight is 370 g/mol. The van der Waals surface area contributed by atoms with Gasteiger partial charge in [-0.2, -0.15) is 10.4 Å². The highest BCUT2D eigenvalue weighted by Gasteiger charge is 2.09. The monoisotopic (exact) mass is 369 g/mol. The molecular weight excluding hydrogens is 357 g/mol. The predicted octanol–water partition coefficient (Wildman–Crippen LogP) is 4.13. The van der Waals surface area contributed by atoms with E-state index in [1.165, 1.54) is 12.1 Å². The summed E-state index contributed by atoms with van der Waals surface area (Å²) < 4.78 is 19.2. The quantitative estimate of drug-likeness (QED) is 0.750. The number of ether oxygens (including phenoxy) is 1. The molecule has 3 rings (SSSR count). The van der Waals surface area contributed by atoms with Crippen molar-refractivity contribution in [3.05, 3.63) is 86.0 Å². The minimum Gasteiger partial charge on any atom is -0.456 e. The van der Waals surface area contributed by atoms with Gasteiger partial charge in [0.25, 0.3) is 5.56 Å². The van der Waals surface area contributed by atoms with Crippen molar-refractivity contribution in [3.63, 3.8) is 0 Å². The van der Waals surface area contributed by atoms with Gasteiger partial charge in [-0.3, -0.25) is 4.79 Å². The fourth-order valence-electron chi connectivity index (χ4n) is 2.41. The molecule has 0 saturated heterocycles. The smallest absolute Gasteiger partial charge is 0.267 e. The van der Waals surface area contributed by atoms with Gasteiger partial charge in [0.05, 0.1) is 22.3 Å². The third-order valence-electron chi connectivity index (χ3n) is 3.65. The Morgan fingerprint density at radius 1 is 1.27 bits per heavy atom. The van der Waals surface area contributed by atoms with Gasteiger partial charge >= 0.3 is 0 Å². The summed E-state index contributed by atoms with van der Waals surface area (Å²) in [5.74, 6) is -0.0577. The third kappa shape index (κ3) is 4.08. The van der Waals surface area contributed by atoms with Crippen LogP contribution in [0.25, 0.3) is 0 Å². The first-order valence-electron chi connectivity index (χ1n) is 7.67. The van der Waals surface area contributed by atoms with Gasteiger partial charge in [-0.1, -0.05) is 17.7 Å². The van der Waals surface area contributed by atoms with Crippen LogP contribution in [0.1, 0.15) is 22.4 Å². The lowest BCUT2D eigenvalue weighted by molar-refractivity contribution is 0.476. The largest absolute Gasteiger partial charge is 0.456 e. The number of aromatic amines is 1. The first-order valence-corrected chi connectivity index (χ1v) is 8.04. The maximum atomic E-state index is 13.6. The van der Waals surface area contributed by atoms with Gasteiger partial charge in [0, 0.05) is 18.1 Å². The number of H-pyrrole nitrogens is 1. The standard InChI is InChI=1S/C19H13ClFN3O2/c1-11-4-15(23-24-19(11)25)6-12-2-3-17(20)18(8-12)26-16-7-13(10-22)5-14(21)9-16/h2-5,7-9H,6H2,1H3,(H,24,25). The topological polar surface area (TPSA) is 78.8 Å². The zero-order chi connectivity index (χ0) is 18.7. The molecule has 0 atom stereocenters. The van der Waals surface area contributed by atoms with Crippen LogP contribution in [0.15, 0.2) is 47.3 Å². The molecule has 0 amide bonds. The van der Waals surface area contributed by atoms with Crippen LogP contribution in [-0.4, -0.2) is 10.2 Å². The molecule has 1 N–H and O–H groups in total. The molecule has 7 heteroatoms. The number of benzene rings is 2. The number of hydrogen-bond donors (Lipinski definition) is 1. The Morgan fingerprint density at radius 2 is 2.08 bits per heavy atom. The maximum Gasteiger partial charge on any atom is 0.267 e. The molecule has 3 aromatic rings. The number of nitriles is 1. The number of rotatable bonds is 4. The highest BCUT2D eigenvalue weighted by atomic mass is 35.5. The van der Waals surface area contributed by atoms with E-state index in [9.17, 15) is 9.18 Å². The molecule has 2 aromatic carbocycles. The first-order chi connectivity index (χ1) is 12.4. The molecule has 1 heterocycles. The molecule has 130 valence electrons. The summed E-state index contributed by atoms with van der Waals surface area (Å²) >= 11 is 6.16. The van der Waals surface area contributed by atoms with Crippen molar-refractivity contribution < 1.29 is 9.13 Å². The summed E-state index contributed by atoms with van der Waals surface area (Å²) in [5.41, 5.74) is 2.03. The van der Waals surface area contributed by atoms with E-state index in [1.54, 1.807) is 25.1 Å². The van der Waals surface area contributed by atoms with E-state index in [2.05, 4.69) is 10.2 Å². The first kappa shape index (κ1) is 17.6. The minimum absolute atomic E-state index is 0.153. The summed E-state index contributed by atoms with van der Waals surface area (Å²) in [6.07, 6.45) is 0.456. The second-order valence-electron chi connectivity index (χ2n) is 5.70. The van der Waals surface area contributed by atoms with Crippen molar-refractivity contribution in [2.24, 2.45) is 0 Å². The van der Waals surface area contributed by atoms with Crippen LogP contribution in [0.3, 0.4) is 0 Å². The molecule has 5 nitrogen and oxygen atoms in total. The Morgan fingerprint density at radius 3 is 2.81 bits per heavy atom. The number of halogens is 2. The molecule has 0 aliphatic heterocycles. The lowest BCUT2D eigenvalue weighted by atomic mass is 10.1. The highest BCUT2D eigenvalue weighted by molar-refractivity contribution is 6.32. The zero-order valence-electron chi connectivity index (χ0n) is 13.7. The predicted molar refractivity (Wildman–Crippen MR) is 95.0 cm³/mol. The van der Waals surface area contributed by atoms with Crippen molar-refractivity contribution in [2.45, 2.75) is 13.3 Å². The van der Waals surface area contributed by atoms with Crippen molar-refractivity contribution in [3.8, 4) is 17.6 Å². The van der Waals surface area contributed by atoms with E-state index >= 15 is 0 Å². The van der Waals surface area contributed by atoms with Crippen LogP contribution in [0, 0.1) is 24.1 Å². The van der Waals surface area contributed by atoms with Crippen LogP contribution < -0.4 is 10.3 Å². The summed E-state index contributed by atoms with van der Waals surface area (Å²) in [4.78, 5) is 11.4. The van der Waals surface area contributed by atoms with Crippen molar-refractivity contribution in [2.75, 3.05) is 0 Å². The normalized spacial score (nSPS) is 10.4. The van der Waals surface area contributed by atoms with Crippen LogP contribution in [-0.2, 0) is 6.42 Å². The SMILES string of the molecule is Cc1cc(Cc2ccc(Cl)c(Oc3cc(F)cc(C#N)c3)c2)n[nH]c1=O. The summed E-state index contributed by atoms with van der Waals surface area (Å²) in [6.45, 7) is 1.71. The molecule has 0 fully saturated rings. The Labute approximate surface area is 153 Å². The van der Waals surface area contributed by atoms with Crippen molar-refractivity contribution >= 4 is 11.6 Å². The number of nitrogens with one attached hydrogen (secondary N) is 1. The minimum atomic E-state index is -0.570. The number of aryl methyl sites for hydroxylation is 1. The fourth-order valence-corrected chi connectivity index (χ4v) is 2.56. The second-order valence-corrected chi connectivity index (χ2v) is 6.11. The van der Waals surface area contributed by atoms with E-state index in [0.717, 1.165) is 11.6 Å². The van der Waals surface area contributed by atoms with Gasteiger partial charge in [0.2, 0.25) is 0 Å². The Balaban J connectivity index is 1.88. The van der Waals surface area contributed by atoms with E-state index in [-0.39, 0.29) is 16.9 Å². The van der Waals surface area contributed by atoms with Crippen LogP contribution in [0.5, 0.6) is 11.5 Å². The van der Waals surface area contributed by atoms with E-state index in [4.69, 9.17) is 21.6 Å². The molecular formula is C19H13ClFN3O2. The van der Waals surface area contributed by atoms with Gasteiger partial charge in [-0.25, -0.2) is 9.49 Å². The Bertz CT molecular complexity index is 1070. The molecule has 26 heavy (non-hydrogen) atoms. The van der Waals surface area contributed by atoms with Crippen LogP contribution in [0.4, 0.5) is 4.39 Å². The molecule has 0 radical (unpaired) electrons. The van der Waals surface area contributed by atoms with Crippen molar-refractivity contribution in [1.29, 1.82) is 5.26 Å². The summed E-state index contributed by atoms with van der Waals surface area (Å²) in [6, 6.07) is 12.5. The maximum absolute atomic E-state index is 13.6. The zero-order valence-corrected chi connectivity index (χ0v) is 14.5. The van der Waals surface area contributed by atoms with Gasteiger partial charge in [-0.05, 0) is 42.8 Å². The molecule has 1 aromatic heterocycles.